The summed E-state index contributed by atoms with van der Waals surface area (Å²) in [7, 11) is 0. The Morgan fingerprint density at radius 1 is 1.40 bits per heavy atom. The van der Waals surface area contributed by atoms with E-state index in [1.54, 1.807) is 26.0 Å². The lowest BCUT2D eigenvalue weighted by Gasteiger charge is -2.27. The second-order valence-electron chi connectivity index (χ2n) is 5.73. The Balaban J connectivity index is 2.17. The number of amides is 1. The van der Waals surface area contributed by atoms with E-state index in [4.69, 9.17) is 0 Å². The first-order chi connectivity index (χ1) is 9.34. The number of rotatable bonds is 3. The Morgan fingerprint density at radius 2 is 2.10 bits per heavy atom. The van der Waals surface area contributed by atoms with Crippen LogP contribution in [0.3, 0.4) is 0 Å². The summed E-state index contributed by atoms with van der Waals surface area (Å²) in [6.45, 7) is 5.35. The number of pyridine rings is 1. The van der Waals surface area contributed by atoms with E-state index < -0.39 is 11.4 Å². The van der Waals surface area contributed by atoms with Crippen LogP contribution in [0.1, 0.15) is 47.9 Å². The van der Waals surface area contributed by atoms with E-state index in [2.05, 4.69) is 10.3 Å². The van der Waals surface area contributed by atoms with Crippen molar-refractivity contribution in [3.05, 3.63) is 29.1 Å². The molecule has 1 aromatic heterocycles. The number of carbonyl (C=O) groups is 2. The van der Waals surface area contributed by atoms with Gasteiger partial charge in [0.05, 0.1) is 16.7 Å². The maximum Gasteiger partial charge on any atom is 0.311 e. The maximum absolute atomic E-state index is 12.3. The third kappa shape index (κ3) is 2.53. The van der Waals surface area contributed by atoms with E-state index in [0.29, 0.717) is 24.1 Å². The number of aromatic nitrogens is 1. The van der Waals surface area contributed by atoms with Crippen molar-refractivity contribution in [3.63, 3.8) is 0 Å². The predicted molar refractivity (Wildman–Crippen MR) is 74.6 cm³/mol. The number of nitrogens with one attached hydrogen (secondary N) is 1. The zero-order valence-corrected chi connectivity index (χ0v) is 12.1. The van der Waals surface area contributed by atoms with Crippen molar-refractivity contribution in [2.45, 2.75) is 46.1 Å². The van der Waals surface area contributed by atoms with Gasteiger partial charge >= 0.3 is 5.97 Å². The van der Waals surface area contributed by atoms with Gasteiger partial charge in [-0.2, -0.15) is 0 Å². The molecule has 2 N–H and O–H groups in total. The highest BCUT2D eigenvalue weighted by atomic mass is 16.4. The fourth-order valence-corrected chi connectivity index (χ4v) is 2.82. The molecule has 1 aromatic rings. The van der Waals surface area contributed by atoms with Crippen molar-refractivity contribution >= 4 is 11.9 Å². The Kier molecular flexibility index (Phi) is 3.79. The van der Waals surface area contributed by atoms with E-state index in [9.17, 15) is 14.7 Å². The minimum absolute atomic E-state index is 0.241. The smallest absolute Gasteiger partial charge is 0.311 e. The van der Waals surface area contributed by atoms with Crippen LogP contribution < -0.4 is 5.32 Å². The Morgan fingerprint density at radius 3 is 2.70 bits per heavy atom. The van der Waals surface area contributed by atoms with Gasteiger partial charge in [-0.15, -0.1) is 0 Å². The molecule has 1 amide bonds. The number of carboxylic acid groups (broad SMARTS) is 1. The topological polar surface area (TPSA) is 79.3 Å². The lowest BCUT2D eigenvalue weighted by molar-refractivity contribution is -0.148. The molecule has 2 atom stereocenters. The van der Waals surface area contributed by atoms with Gasteiger partial charge in [0.2, 0.25) is 0 Å². The summed E-state index contributed by atoms with van der Waals surface area (Å²) in [6.07, 6.45) is 2.12. The number of hydrogen-bond donors (Lipinski definition) is 2. The van der Waals surface area contributed by atoms with E-state index in [1.165, 1.54) is 0 Å². The largest absolute Gasteiger partial charge is 0.481 e. The van der Waals surface area contributed by atoms with Crippen molar-refractivity contribution in [1.82, 2.24) is 10.3 Å². The number of carbonyl (C=O) groups excluding carboxylic acids is 1. The van der Waals surface area contributed by atoms with Crippen LogP contribution in [0.4, 0.5) is 0 Å². The molecule has 5 heteroatoms. The van der Waals surface area contributed by atoms with Crippen LogP contribution in [0.5, 0.6) is 0 Å². The van der Waals surface area contributed by atoms with Crippen molar-refractivity contribution in [3.8, 4) is 0 Å². The molecule has 1 saturated carbocycles. The van der Waals surface area contributed by atoms with E-state index in [-0.39, 0.29) is 11.9 Å². The van der Waals surface area contributed by atoms with Gasteiger partial charge in [0, 0.05) is 11.7 Å². The van der Waals surface area contributed by atoms with Crippen LogP contribution in [0, 0.1) is 19.3 Å². The summed E-state index contributed by atoms with van der Waals surface area (Å²) < 4.78 is 0. The fourth-order valence-electron chi connectivity index (χ4n) is 2.82. The summed E-state index contributed by atoms with van der Waals surface area (Å²) in [5, 5.41) is 12.2. The SMILES string of the molecule is Cc1ccc(C(=O)NC2CCCC2(C)C(=O)O)c(C)n1. The molecular formula is C15H20N2O3. The number of nitrogens with zero attached hydrogens (tertiary/aromatic N) is 1. The molecule has 0 aliphatic heterocycles. The van der Waals surface area contributed by atoms with Gasteiger partial charge in [-0.05, 0) is 45.7 Å². The van der Waals surface area contributed by atoms with Gasteiger partial charge in [-0.3, -0.25) is 14.6 Å². The first-order valence-electron chi connectivity index (χ1n) is 6.83. The highest BCUT2D eigenvalue weighted by molar-refractivity contribution is 5.95. The van der Waals surface area contributed by atoms with Crippen LogP contribution in [0.25, 0.3) is 0 Å². The Labute approximate surface area is 118 Å². The monoisotopic (exact) mass is 276 g/mol. The van der Waals surface area contributed by atoms with Crippen molar-refractivity contribution in [2.75, 3.05) is 0 Å². The maximum atomic E-state index is 12.3. The summed E-state index contributed by atoms with van der Waals surface area (Å²) in [5.74, 6) is -1.09. The Hall–Kier alpha value is -1.91. The molecule has 0 saturated heterocycles. The van der Waals surface area contributed by atoms with E-state index in [0.717, 1.165) is 12.1 Å². The first-order valence-corrected chi connectivity index (χ1v) is 6.83. The molecule has 1 aliphatic rings. The summed E-state index contributed by atoms with van der Waals surface area (Å²) in [5.41, 5.74) is 1.16. The van der Waals surface area contributed by atoms with Crippen LogP contribution in [-0.4, -0.2) is 28.0 Å². The standard InChI is InChI=1S/C15H20N2O3/c1-9-6-7-11(10(2)16-9)13(18)17-12-5-4-8-15(12,3)14(19)20/h6-7,12H,4-5,8H2,1-3H3,(H,17,18)(H,19,20). The lowest BCUT2D eigenvalue weighted by Crippen LogP contribution is -2.47. The minimum atomic E-state index is -0.873. The predicted octanol–water partition coefficient (Wildman–Crippen LogP) is 2.07. The van der Waals surface area contributed by atoms with E-state index in [1.807, 2.05) is 6.92 Å². The van der Waals surface area contributed by atoms with Gasteiger partial charge in [-0.1, -0.05) is 6.42 Å². The Bertz CT molecular complexity index is 556. The van der Waals surface area contributed by atoms with Crippen molar-refractivity contribution in [2.24, 2.45) is 5.41 Å². The highest BCUT2D eigenvalue weighted by Crippen LogP contribution is 2.38. The number of hydrogen-bond acceptors (Lipinski definition) is 3. The zero-order chi connectivity index (χ0) is 14.9. The number of carboxylic acids is 1. The fraction of sp³-hybridized carbons (Fsp3) is 0.533. The van der Waals surface area contributed by atoms with Gasteiger partial charge in [-0.25, -0.2) is 0 Å². The van der Waals surface area contributed by atoms with Crippen molar-refractivity contribution < 1.29 is 14.7 Å². The van der Waals surface area contributed by atoms with Crippen LogP contribution in [-0.2, 0) is 4.79 Å². The third-order valence-corrected chi connectivity index (χ3v) is 4.22. The average Bonchev–Trinajstić information content (AvgIpc) is 2.72. The molecule has 1 fully saturated rings. The molecule has 108 valence electrons. The lowest BCUT2D eigenvalue weighted by atomic mass is 9.85. The van der Waals surface area contributed by atoms with Gasteiger partial charge in [0.1, 0.15) is 0 Å². The molecule has 20 heavy (non-hydrogen) atoms. The molecule has 2 rings (SSSR count). The quantitative estimate of drug-likeness (QED) is 0.885. The van der Waals surface area contributed by atoms with Crippen molar-refractivity contribution in [1.29, 1.82) is 0 Å². The van der Waals surface area contributed by atoms with Crippen LogP contribution >= 0.6 is 0 Å². The first kappa shape index (κ1) is 14.5. The van der Waals surface area contributed by atoms with Gasteiger partial charge in [0.15, 0.2) is 0 Å². The molecule has 0 spiro atoms. The molecule has 1 heterocycles. The average molecular weight is 276 g/mol. The third-order valence-electron chi connectivity index (χ3n) is 4.22. The van der Waals surface area contributed by atoms with Gasteiger partial charge < -0.3 is 10.4 Å². The molecule has 0 aromatic carbocycles. The minimum Gasteiger partial charge on any atom is -0.481 e. The van der Waals surface area contributed by atoms with Crippen LogP contribution in [0.15, 0.2) is 12.1 Å². The molecule has 5 nitrogen and oxygen atoms in total. The molecular weight excluding hydrogens is 256 g/mol. The number of aryl methyl sites for hydroxylation is 2. The summed E-state index contributed by atoms with van der Waals surface area (Å²) >= 11 is 0. The molecule has 1 aliphatic carbocycles. The van der Waals surface area contributed by atoms with E-state index >= 15 is 0 Å². The molecule has 0 bridgehead atoms. The molecule has 2 unspecified atom stereocenters. The number of aliphatic carboxylic acids is 1. The normalized spacial score (nSPS) is 25.4. The van der Waals surface area contributed by atoms with Gasteiger partial charge in [0.25, 0.3) is 5.91 Å². The highest BCUT2D eigenvalue weighted by Gasteiger charge is 2.46. The van der Waals surface area contributed by atoms with Crippen LogP contribution in [0.2, 0.25) is 0 Å². The molecule has 0 radical (unpaired) electrons. The second-order valence-corrected chi connectivity index (χ2v) is 5.73. The zero-order valence-electron chi connectivity index (χ0n) is 12.1. The summed E-state index contributed by atoms with van der Waals surface area (Å²) in [6, 6.07) is 3.20. The second kappa shape index (κ2) is 5.23. The summed E-state index contributed by atoms with van der Waals surface area (Å²) in [4.78, 5) is 28.0.